The van der Waals surface area contributed by atoms with Crippen molar-refractivity contribution in [2.45, 2.75) is 6.54 Å². The van der Waals surface area contributed by atoms with Crippen LogP contribution in [0.15, 0.2) is 48.7 Å². The van der Waals surface area contributed by atoms with E-state index >= 15 is 0 Å². The Morgan fingerprint density at radius 3 is 2.54 bits per heavy atom. The first-order valence-electron chi connectivity index (χ1n) is 7.77. The van der Waals surface area contributed by atoms with E-state index in [0.717, 1.165) is 5.56 Å². The maximum Gasteiger partial charge on any atom is 0.277 e. The summed E-state index contributed by atoms with van der Waals surface area (Å²) in [6, 6.07) is 12.9. The Morgan fingerprint density at radius 1 is 1.15 bits per heavy atom. The number of amides is 1. The zero-order chi connectivity index (χ0) is 18.5. The van der Waals surface area contributed by atoms with Crippen LogP contribution in [0.1, 0.15) is 16.1 Å². The first-order valence-corrected chi connectivity index (χ1v) is 8.15. The van der Waals surface area contributed by atoms with E-state index in [1.165, 1.54) is 14.2 Å². The predicted octanol–water partition coefficient (Wildman–Crippen LogP) is 3.25. The van der Waals surface area contributed by atoms with Crippen LogP contribution in [0.4, 0.5) is 5.69 Å². The number of methoxy groups -OCH3 is 2. The van der Waals surface area contributed by atoms with Gasteiger partial charge in [-0.15, -0.1) is 5.10 Å². The van der Waals surface area contributed by atoms with Crippen LogP contribution >= 0.6 is 11.6 Å². The van der Waals surface area contributed by atoms with Crippen molar-refractivity contribution < 1.29 is 14.3 Å². The summed E-state index contributed by atoms with van der Waals surface area (Å²) in [5, 5.41) is 10.9. The summed E-state index contributed by atoms with van der Waals surface area (Å²) >= 11 is 6.19. The molecule has 1 amide bonds. The monoisotopic (exact) mass is 372 g/mol. The zero-order valence-corrected chi connectivity index (χ0v) is 15.0. The van der Waals surface area contributed by atoms with Crippen LogP contribution in [0, 0.1) is 0 Å². The molecule has 3 aromatic rings. The van der Waals surface area contributed by atoms with Crippen LogP contribution in [0.3, 0.4) is 0 Å². The number of nitrogens with one attached hydrogen (secondary N) is 1. The minimum absolute atomic E-state index is 0.187. The molecule has 0 aliphatic rings. The second-order valence-corrected chi connectivity index (χ2v) is 5.84. The van der Waals surface area contributed by atoms with Gasteiger partial charge in [-0.2, -0.15) is 0 Å². The molecule has 0 fully saturated rings. The molecule has 0 atom stereocenters. The van der Waals surface area contributed by atoms with Gasteiger partial charge in [0.15, 0.2) is 17.2 Å². The Balaban J connectivity index is 1.75. The first kappa shape index (κ1) is 17.8. The number of hydrogen-bond acceptors (Lipinski definition) is 5. The van der Waals surface area contributed by atoms with Crippen molar-refractivity contribution >= 4 is 23.2 Å². The van der Waals surface area contributed by atoms with Crippen molar-refractivity contribution in [3.63, 3.8) is 0 Å². The molecule has 1 heterocycles. The topological polar surface area (TPSA) is 78.3 Å². The molecule has 0 saturated heterocycles. The number of rotatable bonds is 6. The van der Waals surface area contributed by atoms with E-state index in [9.17, 15) is 4.79 Å². The van der Waals surface area contributed by atoms with Crippen molar-refractivity contribution in [3.05, 3.63) is 64.9 Å². The van der Waals surface area contributed by atoms with Crippen molar-refractivity contribution in [1.82, 2.24) is 15.0 Å². The number of aromatic nitrogens is 3. The van der Waals surface area contributed by atoms with Crippen molar-refractivity contribution in [1.29, 1.82) is 0 Å². The fraction of sp³-hybridized carbons (Fsp3) is 0.167. The molecule has 1 aromatic heterocycles. The van der Waals surface area contributed by atoms with E-state index in [4.69, 9.17) is 21.1 Å². The largest absolute Gasteiger partial charge is 0.493 e. The number of carbonyl (C=O) groups is 1. The van der Waals surface area contributed by atoms with Gasteiger partial charge >= 0.3 is 0 Å². The van der Waals surface area contributed by atoms with E-state index in [2.05, 4.69) is 15.6 Å². The molecule has 2 aromatic carbocycles. The summed E-state index contributed by atoms with van der Waals surface area (Å²) in [4.78, 5) is 12.4. The molecule has 134 valence electrons. The lowest BCUT2D eigenvalue weighted by molar-refractivity contribution is 0.102. The number of ether oxygens (including phenoxy) is 2. The SMILES string of the molecule is COc1cc(Cl)c(NC(=O)c2cn(Cc3ccccc3)nn2)cc1OC. The van der Waals surface area contributed by atoms with E-state index in [-0.39, 0.29) is 5.69 Å². The highest BCUT2D eigenvalue weighted by molar-refractivity contribution is 6.34. The Hall–Kier alpha value is -3.06. The number of hydrogen-bond donors (Lipinski definition) is 1. The highest BCUT2D eigenvalue weighted by Gasteiger charge is 2.16. The normalized spacial score (nSPS) is 10.4. The van der Waals surface area contributed by atoms with Gasteiger partial charge in [0.2, 0.25) is 0 Å². The summed E-state index contributed by atoms with van der Waals surface area (Å²) in [5.41, 5.74) is 1.64. The summed E-state index contributed by atoms with van der Waals surface area (Å²) in [6.07, 6.45) is 1.58. The zero-order valence-electron chi connectivity index (χ0n) is 14.3. The molecule has 0 aliphatic heterocycles. The molecule has 0 unspecified atom stereocenters. The van der Waals surface area contributed by atoms with Gasteiger partial charge < -0.3 is 14.8 Å². The molecule has 8 heteroatoms. The number of benzene rings is 2. The fourth-order valence-electron chi connectivity index (χ4n) is 2.39. The second kappa shape index (κ2) is 7.88. The van der Waals surface area contributed by atoms with Crippen LogP contribution in [-0.4, -0.2) is 35.1 Å². The van der Waals surface area contributed by atoms with Gasteiger partial charge in [-0.3, -0.25) is 4.79 Å². The fourth-order valence-corrected chi connectivity index (χ4v) is 2.59. The van der Waals surface area contributed by atoms with Gasteiger partial charge in [0.25, 0.3) is 5.91 Å². The van der Waals surface area contributed by atoms with Crippen LogP contribution in [0.2, 0.25) is 5.02 Å². The average Bonchev–Trinajstić information content (AvgIpc) is 3.12. The van der Waals surface area contributed by atoms with Gasteiger partial charge in [-0.1, -0.05) is 47.1 Å². The van der Waals surface area contributed by atoms with Crippen LogP contribution in [0.5, 0.6) is 11.5 Å². The summed E-state index contributed by atoms with van der Waals surface area (Å²) in [7, 11) is 3.02. The standard InChI is InChI=1S/C18H17ClN4O3/c1-25-16-8-13(19)14(9-17(16)26-2)20-18(24)15-11-23(22-21-15)10-12-6-4-3-5-7-12/h3-9,11H,10H2,1-2H3,(H,20,24). The first-order chi connectivity index (χ1) is 12.6. The number of anilines is 1. The lowest BCUT2D eigenvalue weighted by Crippen LogP contribution is -2.13. The molecular formula is C18H17ClN4O3. The molecule has 0 spiro atoms. The summed E-state index contributed by atoms with van der Waals surface area (Å²) in [5.74, 6) is 0.516. The highest BCUT2D eigenvalue weighted by Crippen LogP contribution is 2.36. The van der Waals surface area contributed by atoms with Gasteiger partial charge in [0.05, 0.1) is 37.7 Å². The molecule has 3 rings (SSSR count). The van der Waals surface area contributed by atoms with E-state index in [1.54, 1.807) is 23.0 Å². The minimum atomic E-state index is -0.418. The van der Waals surface area contributed by atoms with Crippen LogP contribution < -0.4 is 14.8 Å². The predicted molar refractivity (Wildman–Crippen MR) is 98.1 cm³/mol. The Bertz CT molecular complexity index is 912. The number of halogens is 1. The Kier molecular flexibility index (Phi) is 5.38. The molecule has 26 heavy (non-hydrogen) atoms. The highest BCUT2D eigenvalue weighted by atomic mass is 35.5. The lowest BCUT2D eigenvalue weighted by Gasteiger charge is -2.12. The number of nitrogens with zero attached hydrogens (tertiary/aromatic N) is 3. The third-order valence-corrected chi connectivity index (χ3v) is 3.99. The molecule has 0 saturated carbocycles. The maximum atomic E-state index is 12.4. The smallest absolute Gasteiger partial charge is 0.277 e. The van der Waals surface area contributed by atoms with E-state index in [1.807, 2.05) is 30.3 Å². The Morgan fingerprint density at radius 2 is 1.85 bits per heavy atom. The number of carbonyl (C=O) groups excluding carboxylic acids is 1. The van der Waals surface area contributed by atoms with E-state index in [0.29, 0.717) is 28.8 Å². The van der Waals surface area contributed by atoms with E-state index < -0.39 is 5.91 Å². The van der Waals surface area contributed by atoms with Crippen LogP contribution in [-0.2, 0) is 6.54 Å². The van der Waals surface area contributed by atoms with Gasteiger partial charge in [0, 0.05) is 12.1 Å². The molecule has 0 radical (unpaired) electrons. The molecule has 0 bridgehead atoms. The second-order valence-electron chi connectivity index (χ2n) is 5.43. The minimum Gasteiger partial charge on any atom is -0.493 e. The molecule has 0 aliphatic carbocycles. The molecular weight excluding hydrogens is 356 g/mol. The quantitative estimate of drug-likeness (QED) is 0.718. The maximum absolute atomic E-state index is 12.4. The van der Waals surface area contributed by atoms with Gasteiger partial charge in [-0.25, -0.2) is 4.68 Å². The van der Waals surface area contributed by atoms with Crippen molar-refractivity contribution in [3.8, 4) is 11.5 Å². The third-order valence-electron chi connectivity index (χ3n) is 3.68. The summed E-state index contributed by atoms with van der Waals surface area (Å²) in [6.45, 7) is 0.526. The van der Waals surface area contributed by atoms with Crippen LogP contribution in [0.25, 0.3) is 0 Å². The Labute approximate surface area is 155 Å². The summed E-state index contributed by atoms with van der Waals surface area (Å²) < 4.78 is 12.0. The average molecular weight is 373 g/mol. The molecule has 1 N–H and O–H groups in total. The van der Waals surface area contributed by atoms with Crippen molar-refractivity contribution in [2.75, 3.05) is 19.5 Å². The van der Waals surface area contributed by atoms with Gasteiger partial charge in [-0.05, 0) is 5.56 Å². The lowest BCUT2D eigenvalue weighted by atomic mass is 10.2. The van der Waals surface area contributed by atoms with Crippen molar-refractivity contribution in [2.24, 2.45) is 0 Å². The molecule has 7 nitrogen and oxygen atoms in total. The third kappa shape index (κ3) is 3.94. The van der Waals surface area contributed by atoms with Gasteiger partial charge in [0.1, 0.15) is 0 Å².